The molecule has 0 radical (unpaired) electrons. The van der Waals surface area contributed by atoms with Crippen LogP contribution in [-0.2, 0) is 12.8 Å². The molecule has 0 aromatic heterocycles. The van der Waals surface area contributed by atoms with Crippen LogP contribution in [0.5, 0.6) is 0 Å². The van der Waals surface area contributed by atoms with Gasteiger partial charge in [0.05, 0.1) is 0 Å². The monoisotopic (exact) mass is 499 g/mol. The van der Waals surface area contributed by atoms with E-state index in [1.807, 2.05) is 0 Å². The van der Waals surface area contributed by atoms with Gasteiger partial charge in [0.15, 0.2) is 0 Å². The zero-order chi connectivity index (χ0) is 25.8. The quantitative estimate of drug-likeness (QED) is 0.254. The topological polar surface area (TPSA) is 12.0 Å². The minimum absolute atomic E-state index is 0.462. The van der Waals surface area contributed by atoms with Crippen molar-refractivity contribution >= 4 is 16.9 Å². The number of hydrogen-bond donors (Lipinski definition) is 1. The minimum atomic E-state index is 0.462. The van der Waals surface area contributed by atoms with E-state index < -0.39 is 0 Å². The van der Waals surface area contributed by atoms with Gasteiger partial charge >= 0.3 is 0 Å². The van der Waals surface area contributed by atoms with Crippen molar-refractivity contribution in [1.29, 1.82) is 0 Å². The van der Waals surface area contributed by atoms with Gasteiger partial charge < -0.3 is 5.32 Å². The summed E-state index contributed by atoms with van der Waals surface area (Å²) >= 11 is 0. The standard InChI is InChI=1S/C38H29N/c1-3-9-33-27(7-1)23-37-31(11-5-13-35(33)37)25-15-19-29(20-16-25)39-30-21-17-26(18-22-30)32-12-6-14-36-34-10-4-2-8-28(34)24-38(32)36/h1-11,13-22,32,39H,12,23-24H2. The fraction of sp³-hybridized carbons (Fsp3) is 0.105. The molecule has 5 aromatic rings. The van der Waals surface area contributed by atoms with Crippen LogP contribution in [0.2, 0.25) is 0 Å². The maximum absolute atomic E-state index is 3.61. The molecular weight excluding hydrogens is 470 g/mol. The largest absolute Gasteiger partial charge is 0.356 e. The van der Waals surface area contributed by atoms with Gasteiger partial charge in [-0.2, -0.15) is 0 Å². The van der Waals surface area contributed by atoms with Crippen LogP contribution in [0.4, 0.5) is 11.4 Å². The Morgan fingerprint density at radius 3 is 1.97 bits per heavy atom. The highest BCUT2D eigenvalue weighted by Crippen LogP contribution is 2.45. The van der Waals surface area contributed by atoms with Gasteiger partial charge in [-0.3, -0.25) is 0 Å². The molecule has 1 unspecified atom stereocenters. The van der Waals surface area contributed by atoms with Crippen LogP contribution in [0.15, 0.2) is 133 Å². The molecule has 5 aromatic carbocycles. The van der Waals surface area contributed by atoms with E-state index in [1.165, 1.54) is 55.6 Å². The van der Waals surface area contributed by atoms with Gasteiger partial charge in [0.25, 0.3) is 0 Å². The molecule has 186 valence electrons. The van der Waals surface area contributed by atoms with Crippen LogP contribution in [0.1, 0.15) is 40.2 Å². The summed E-state index contributed by atoms with van der Waals surface area (Å²) in [7, 11) is 0. The highest BCUT2D eigenvalue weighted by atomic mass is 14.9. The molecule has 0 saturated heterocycles. The maximum atomic E-state index is 3.61. The van der Waals surface area contributed by atoms with Crippen molar-refractivity contribution in [3.63, 3.8) is 0 Å². The fourth-order valence-corrected chi connectivity index (χ4v) is 6.85. The summed E-state index contributed by atoms with van der Waals surface area (Å²) in [6, 6.07) is 42.3. The van der Waals surface area contributed by atoms with Crippen LogP contribution in [0.3, 0.4) is 0 Å². The molecule has 1 N–H and O–H groups in total. The Morgan fingerprint density at radius 2 is 1.18 bits per heavy atom. The van der Waals surface area contributed by atoms with Crippen molar-refractivity contribution in [3.8, 4) is 22.3 Å². The molecule has 1 atom stereocenters. The van der Waals surface area contributed by atoms with E-state index in [0.29, 0.717) is 5.92 Å². The first-order valence-electron chi connectivity index (χ1n) is 14.0. The molecule has 0 spiro atoms. The van der Waals surface area contributed by atoms with Gasteiger partial charge in [-0.15, -0.1) is 0 Å². The predicted molar refractivity (Wildman–Crippen MR) is 163 cm³/mol. The van der Waals surface area contributed by atoms with Gasteiger partial charge in [0.2, 0.25) is 0 Å². The van der Waals surface area contributed by atoms with Crippen molar-refractivity contribution in [1.82, 2.24) is 0 Å². The van der Waals surface area contributed by atoms with Crippen LogP contribution in [0.25, 0.3) is 27.8 Å². The summed E-state index contributed by atoms with van der Waals surface area (Å²) in [5.41, 5.74) is 17.8. The second-order valence-electron chi connectivity index (χ2n) is 11.0. The third-order valence-corrected chi connectivity index (χ3v) is 8.76. The lowest BCUT2D eigenvalue weighted by Crippen LogP contribution is -2.06. The molecule has 0 bridgehead atoms. The van der Waals surface area contributed by atoms with Crippen molar-refractivity contribution in [2.45, 2.75) is 25.2 Å². The number of fused-ring (bicyclic) bond motifs is 5. The number of nitrogens with one attached hydrogen (secondary N) is 1. The Morgan fingerprint density at radius 1 is 0.538 bits per heavy atom. The third-order valence-electron chi connectivity index (χ3n) is 8.76. The SMILES string of the molecule is C1=CC2=C(Cc3ccccc32)C(c2ccc(Nc3ccc(-c4cccc5c4Cc4ccccc4-5)cc3)cc2)C1. The Hall–Kier alpha value is -4.62. The van der Waals surface area contributed by atoms with Gasteiger partial charge in [-0.05, 0) is 99.2 Å². The van der Waals surface area contributed by atoms with E-state index in [0.717, 1.165) is 30.6 Å². The Labute approximate surface area is 230 Å². The Kier molecular flexibility index (Phi) is 5.16. The minimum Gasteiger partial charge on any atom is -0.356 e. The van der Waals surface area contributed by atoms with Gasteiger partial charge in [0.1, 0.15) is 0 Å². The molecule has 0 saturated carbocycles. The first-order chi connectivity index (χ1) is 19.3. The van der Waals surface area contributed by atoms with Gasteiger partial charge in [-0.25, -0.2) is 0 Å². The van der Waals surface area contributed by atoms with Crippen LogP contribution >= 0.6 is 0 Å². The molecule has 3 aliphatic carbocycles. The number of anilines is 2. The van der Waals surface area contributed by atoms with E-state index in [-0.39, 0.29) is 0 Å². The Balaban J connectivity index is 1.01. The fourth-order valence-electron chi connectivity index (χ4n) is 6.85. The van der Waals surface area contributed by atoms with Crippen LogP contribution in [0, 0.1) is 0 Å². The smallest absolute Gasteiger partial charge is 0.0384 e. The zero-order valence-electron chi connectivity index (χ0n) is 21.8. The van der Waals surface area contributed by atoms with Gasteiger partial charge in [-0.1, -0.05) is 109 Å². The molecule has 8 rings (SSSR count). The average molecular weight is 500 g/mol. The number of rotatable bonds is 4. The molecule has 3 aliphatic rings. The number of benzene rings is 5. The highest BCUT2D eigenvalue weighted by Gasteiger charge is 2.28. The molecular formula is C38H29N. The lowest BCUT2D eigenvalue weighted by molar-refractivity contribution is 0.784. The summed E-state index contributed by atoms with van der Waals surface area (Å²) in [5.74, 6) is 0.462. The molecule has 1 heteroatoms. The number of hydrogen-bond acceptors (Lipinski definition) is 1. The van der Waals surface area contributed by atoms with E-state index in [9.17, 15) is 0 Å². The summed E-state index contributed by atoms with van der Waals surface area (Å²) in [6.07, 6.45) is 7.84. The molecule has 0 heterocycles. The molecule has 39 heavy (non-hydrogen) atoms. The van der Waals surface area contributed by atoms with Crippen LogP contribution in [-0.4, -0.2) is 0 Å². The van der Waals surface area contributed by atoms with Crippen LogP contribution < -0.4 is 5.32 Å². The molecule has 0 amide bonds. The van der Waals surface area contributed by atoms with Gasteiger partial charge in [0, 0.05) is 17.3 Å². The Bertz CT molecular complexity index is 1780. The first kappa shape index (κ1) is 22.4. The van der Waals surface area contributed by atoms with E-state index in [1.54, 1.807) is 5.57 Å². The van der Waals surface area contributed by atoms with E-state index >= 15 is 0 Å². The first-order valence-corrected chi connectivity index (χ1v) is 14.0. The third kappa shape index (κ3) is 3.77. The number of allylic oxidation sites excluding steroid dienone is 4. The highest BCUT2D eigenvalue weighted by molar-refractivity contribution is 5.86. The maximum Gasteiger partial charge on any atom is 0.0384 e. The lowest BCUT2D eigenvalue weighted by Gasteiger charge is -2.22. The van der Waals surface area contributed by atoms with Crippen molar-refractivity contribution in [3.05, 3.63) is 161 Å². The average Bonchev–Trinajstić information content (AvgIpc) is 3.57. The normalized spacial score (nSPS) is 16.5. The van der Waals surface area contributed by atoms with Crippen molar-refractivity contribution < 1.29 is 0 Å². The molecule has 0 aliphatic heterocycles. The second kappa shape index (κ2) is 8.99. The van der Waals surface area contributed by atoms with E-state index in [2.05, 4.69) is 133 Å². The molecule has 0 fully saturated rings. The zero-order valence-corrected chi connectivity index (χ0v) is 21.8. The second-order valence-corrected chi connectivity index (χ2v) is 11.0. The summed E-state index contributed by atoms with van der Waals surface area (Å²) < 4.78 is 0. The molecule has 1 nitrogen and oxygen atoms in total. The lowest BCUT2D eigenvalue weighted by atomic mass is 9.82. The van der Waals surface area contributed by atoms with Crippen molar-refractivity contribution in [2.24, 2.45) is 0 Å². The summed E-state index contributed by atoms with van der Waals surface area (Å²) in [5, 5.41) is 3.61. The van der Waals surface area contributed by atoms with E-state index in [4.69, 9.17) is 0 Å². The summed E-state index contributed by atoms with van der Waals surface area (Å²) in [4.78, 5) is 0. The predicted octanol–water partition coefficient (Wildman–Crippen LogP) is 9.72. The van der Waals surface area contributed by atoms with Crippen molar-refractivity contribution in [2.75, 3.05) is 5.32 Å². The summed E-state index contributed by atoms with van der Waals surface area (Å²) in [6.45, 7) is 0.